The molecule has 1 fully saturated rings. The van der Waals surface area contributed by atoms with E-state index < -0.39 is 0 Å². The smallest absolute Gasteiger partial charge is 0.227 e. The Bertz CT molecular complexity index is 759. The lowest BCUT2D eigenvalue weighted by Crippen LogP contribution is -2.42. The number of hydrogen-bond donors (Lipinski definition) is 1. The molecule has 5 heteroatoms. The zero-order chi connectivity index (χ0) is 19.9. The molecule has 1 heterocycles. The van der Waals surface area contributed by atoms with E-state index in [1.165, 1.54) is 0 Å². The Labute approximate surface area is 167 Å². The van der Waals surface area contributed by atoms with E-state index >= 15 is 0 Å². The van der Waals surface area contributed by atoms with Crippen molar-refractivity contribution in [1.29, 1.82) is 0 Å². The average Bonchev–Trinajstić information content (AvgIpc) is 3.26. The van der Waals surface area contributed by atoms with Crippen molar-refractivity contribution >= 4 is 5.91 Å². The van der Waals surface area contributed by atoms with Gasteiger partial charge >= 0.3 is 0 Å². The zero-order valence-electron chi connectivity index (χ0n) is 16.7. The minimum Gasteiger partial charge on any atom is -0.496 e. The number of benzene rings is 2. The Balaban J connectivity index is 1.79. The highest BCUT2D eigenvalue weighted by atomic mass is 16.5. The number of hydrogen-bond acceptors (Lipinski definition) is 4. The highest BCUT2D eigenvalue weighted by molar-refractivity contribution is 5.79. The number of rotatable bonds is 8. The van der Waals surface area contributed by atoms with E-state index in [9.17, 15) is 4.79 Å². The minimum absolute atomic E-state index is 0.0396. The van der Waals surface area contributed by atoms with Gasteiger partial charge in [-0.25, -0.2) is 0 Å². The van der Waals surface area contributed by atoms with Crippen molar-refractivity contribution in [2.45, 2.75) is 38.5 Å². The number of nitrogens with two attached hydrogens (primary N) is 1. The lowest BCUT2D eigenvalue weighted by atomic mass is 9.93. The van der Waals surface area contributed by atoms with Gasteiger partial charge in [0.05, 0.1) is 19.1 Å². The second kappa shape index (κ2) is 9.71. The molecule has 0 aromatic heterocycles. The summed E-state index contributed by atoms with van der Waals surface area (Å²) >= 11 is 0. The molecular formula is C23H30N2O3. The molecule has 3 atom stereocenters. The molecule has 3 rings (SSSR count). The molecule has 0 spiro atoms. The number of amides is 1. The Kier molecular flexibility index (Phi) is 7.06. The standard InChI is InChI=1S/C23H30N2O3/c1-17(22(24)18-9-4-3-5-10-18)23(26)25(16-20-12-8-14-28-20)15-19-11-6-7-13-21(19)27-2/h3-7,9-11,13,17,20,22H,8,12,14-16,24H2,1-2H3. The van der Waals surface area contributed by atoms with Gasteiger partial charge in [0.1, 0.15) is 5.75 Å². The number of nitrogens with zero attached hydrogens (tertiary/aromatic N) is 1. The van der Waals surface area contributed by atoms with Gasteiger partial charge in [0.25, 0.3) is 0 Å². The summed E-state index contributed by atoms with van der Waals surface area (Å²) in [5, 5.41) is 0. The zero-order valence-corrected chi connectivity index (χ0v) is 16.7. The third kappa shape index (κ3) is 4.91. The summed E-state index contributed by atoms with van der Waals surface area (Å²) < 4.78 is 11.3. The summed E-state index contributed by atoms with van der Waals surface area (Å²) in [6.07, 6.45) is 2.11. The van der Waals surface area contributed by atoms with Crippen molar-refractivity contribution in [2.24, 2.45) is 11.7 Å². The van der Waals surface area contributed by atoms with Crippen LogP contribution in [0.4, 0.5) is 0 Å². The first-order chi connectivity index (χ1) is 13.6. The van der Waals surface area contributed by atoms with Crippen molar-refractivity contribution in [3.63, 3.8) is 0 Å². The van der Waals surface area contributed by atoms with Crippen molar-refractivity contribution in [3.8, 4) is 5.75 Å². The minimum atomic E-state index is -0.349. The number of carbonyl (C=O) groups is 1. The second-order valence-electron chi connectivity index (χ2n) is 7.39. The van der Waals surface area contributed by atoms with Crippen LogP contribution >= 0.6 is 0 Å². The summed E-state index contributed by atoms with van der Waals surface area (Å²) in [5.74, 6) is 0.490. The molecule has 0 aliphatic carbocycles. The van der Waals surface area contributed by atoms with Crippen LogP contribution in [0.5, 0.6) is 5.75 Å². The highest BCUT2D eigenvalue weighted by Crippen LogP contribution is 2.26. The molecule has 2 N–H and O–H groups in total. The van der Waals surface area contributed by atoms with Crippen molar-refractivity contribution in [2.75, 3.05) is 20.3 Å². The summed E-state index contributed by atoms with van der Waals surface area (Å²) in [4.78, 5) is 15.3. The van der Waals surface area contributed by atoms with Gasteiger partial charge in [-0.05, 0) is 24.5 Å². The van der Waals surface area contributed by atoms with Gasteiger partial charge in [-0.15, -0.1) is 0 Å². The molecule has 5 nitrogen and oxygen atoms in total. The monoisotopic (exact) mass is 382 g/mol. The van der Waals surface area contributed by atoms with E-state index in [1.807, 2.05) is 66.4 Å². The Morgan fingerprint density at radius 2 is 1.93 bits per heavy atom. The molecule has 1 aliphatic heterocycles. The van der Waals surface area contributed by atoms with Gasteiger partial charge in [-0.2, -0.15) is 0 Å². The Morgan fingerprint density at radius 1 is 1.21 bits per heavy atom. The van der Waals surface area contributed by atoms with E-state index in [2.05, 4.69) is 0 Å². The highest BCUT2D eigenvalue weighted by Gasteiger charge is 2.30. The van der Waals surface area contributed by atoms with E-state index in [0.29, 0.717) is 13.1 Å². The van der Waals surface area contributed by atoms with Gasteiger partial charge in [-0.1, -0.05) is 55.5 Å². The number of para-hydroxylation sites is 1. The van der Waals surface area contributed by atoms with Crippen LogP contribution in [0.3, 0.4) is 0 Å². The van der Waals surface area contributed by atoms with Crippen LogP contribution in [0.2, 0.25) is 0 Å². The molecule has 0 bridgehead atoms. The average molecular weight is 383 g/mol. The van der Waals surface area contributed by atoms with E-state index in [1.54, 1.807) is 7.11 Å². The SMILES string of the molecule is COc1ccccc1CN(CC1CCCO1)C(=O)C(C)C(N)c1ccccc1. The van der Waals surface area contributed by atoms with Crippen LogP contribution in [0.25, 0.3) is 0 Å². The molecule has 0 saturated carbocycles. The topological polar surface area (TPSA) is 64.8 Å². The van der Waals surface area contributed by atoms with Gasteiger partial charge in [0.15, 0.2) is 0 Å². The lowest BCUT2D eigenvalue weighted by molar-refractivity contribution is -0.138. The maximum absolute atomic E-state index is 13.4. The van der Waals surface area contributed by atoms with Gasteiger partial charge in [0, 0.05) is 31.3 Å². The summed E-state index contributed by atoms with van der Waals surface area (Å²) in [6.45, 7) is 3.72. The maximum atomic E-state index is 13.4. The molecule has 3 unspecified atom stereocenters. The molecule has 0 radical (unpaired) electrons. The first kappa shape index (κ1) is 20.4. The van der Waals surface area contributed by atoms with Crippen LogP contribution in [0.1, 0.15) is 36.9 Å². The normalized spacial score (nSPS) is 18.5. The molecule has 1 amide bonds. The van der Waals surface area contributed by atoms with Crippen LogP contribution < -0.4 is 10.5 Å². The van der Waals surface area contributed by atoms with Crippen molar-refractivity contribution in [3.05, 3.63) is 65.7 Å². The Hall–Kier alpha value is -2.37. The summed E-state index contributed by atoms with van der Waals surface area (Å²) in [7, 11) is 1.65. The molecule has 1 aliphatic rings. The largest absolute Gasteiger partial charge is 0.496 e. The summed E-state index contributed by atoms with van der Waals surface area (Å²) in [6, 6.07) is 17.3. The quantitative estimate of drug-likeness (QED) is 0.758. The Morgan fingerprint density at radius 3 is 2.61 bits per heavy atom. The third-order valence-corrected chi connectivity index (χ3v) is 5.43. The van der Waals surface area contributed by atoms with Gasteiger partial charge in [-0.3, -0.25) is 4.79 Å². The number of carbonyl (C=O) groups excluding carboxylic acids is 1. The number of methoxy groups -OCH3 is 1. The van der Waals surface area contributed by atoms with Gasteiger partial charge in [0.2, 0.25) is 5.91 Å². The first-order valence-electron chi connectivity index (χ1n) is 9.93. The van der Waals surface area contributed by atoms with Crippen LogP contribution in [-0.4, -0.2) is 37.2 Å². The molecule has 1 saturated heterocycles. The van der Waals surface area contributed by atoms with E-state index in [4.69, 9.17) is 15.2 Å². The van der Waals surface area contributed by atoms with Crippen LogP contribution in [-0.2, 0) is 16.1 Å². The molecular weight excluding hydrogens is 352 g/mol. The molecule has 2 aromatic rings. The molecule has 28 heavy (non-hydrogen) atoms. The fraction of sp³-hybridized carbons (Fsp3) is 0.435. The van der Waals surface area contributed by atoms with E-state index in [0.717, 1.165) is 36.3 Å². The van der Waals surface area contributed by atoms with Crippen molar-refractivity contribution < 1.29 is 14.3 Å². The van der Waals surface area contributed by atoms with Crippen molar-refractivity contribution in [1.82, 2.24) is 4.90 Å². The number of ether oxygens (including phenoxy) is 2. The first-order valence-corrected chi connectivity index (χ1v) is 9.93. The van der Waals surface area contributed by atoms with Gasteiger partial charge < -0.3 is 20.1 Å². The fourth-order valence-electron chi connectivity index (χ4n) is 3.71. The molecule has 2 aromatic carbocycles. The lowest BCUT2D eigenvalue weighted by Gasteiger charge is -2.31. The van der Waals surface area contributed by atoms with Crippen LogP contribution in [0.15, 0.2) is 54.6 Å². The third-order valence-electron chi connectivity index (χ3n) is 5.43. The molecule has 150 valence electrons. The van der Waals surface area contributed by atoms with Crippen LogP contribution in [0, 0.1) is 5.92 Å². The second-order valence-corrected chi connectivity index (χ2v) is 7.39. The predicted octanol–water partition coefficient (Wildman–Crippen LogP) is 3.54. The predicted molar refractivity (Wildman–Crippen MR) is 110 cm³/mol. The fourth-order valence-corrected chi connectivity index (χ4v) is 3.71. The summed E-state index contributed by atoms with van der Waals surface area (Å²) in [5.41, 5.74) is 8.38. The maximum Gasteiger partial charge on any atom is 0.227 e. The van der Waals surface area contributed by atoms with E-state index in [-0.39, 0.29) is 24.0 Å².